The number of halogens is 2. The van der Waals surface area contributed by atoms with Gasteiger partial charge in [-0.25, -0.2) is 18.7 Å². The van der Waals surface area contributed by atoms with Crippen molar-refractivity contribution in [1.82, 2.24) is 35.3 Å². The van der Waals surface area contributed by atoms with Crippen molar-refractivity contribution in [3.05, 3.63) is 71.1 Å². The van der Waals surface area contributed by atoms with Crippen molar-refractivity contribution in [1.29, 1.82) is 0 Å². The second-order valence-electron chi connectivity index (χ2n) is 10.3. The summed E-state index contributed by atoms with van der Waals surface area (Å²) in [6, 6.07) is 5.57. The number of aliphatic hydroxyl groups is 1. The van der Waals surface area contributed by atoms with Gasteiger partial charge in [0.15, 0.2) is 11.6 Å². The number of benzene rings is 1. The van der Waals surface area contributed by atoms with Gasteiger partial charge in [0.25, 0.3) is 0 Å². The Morgan fingerprint density at radius 2 is 1.89 bits per heavy atom. The van der Waals surface area contributed by atoms with Gasteiger partial charge in [0, 0.05) is 12.6 Å². The first kappa shape index (κ1) is 22.8. The van der Waals surface area contributed by atoms with Gasteiger partial charge in [0.1, 0.15) is 17.3 Å². The van der Waals surface area contributed by atoms with E-state index < -0.39 is 23.2 Å². The molecular weight excluding hydrogens is 464 g/mol. The smallest absolute Gasteiger partial charge is 0.176 e. The minimum absolute atomic E-state index is 0.130. The number of nitrogens with one attached hydrogen (secondary N) is 1. The molecule has 1 saturated carbocycles. The van der Waals surface area contributed by atoms with E-state index in [0.717, 1.165) is 29.8 Å². The third kappa shape index (κ3) is 3.13. The Kier molecular flexibility index (Phi) is 5.01. The number of hydrogen-bond donors (Lipinski definition) is 2. The molecule has 4 aromatic rings. The van der Waals surface area contributed by atoms with Gasteiger partial charge >= 0.3 is 0 Å². The van der Waals surface area contributed by atoms with E-state index >= 15 is 0 Å². The molecule has 2 N–H and O–H groups in total. The van der Waals surface area contributed by atoms with Gasteiger partial charge in [-0.1, -0.05) is 19.9 Å². The summed E-state index contributed by atoms with van der Waals surface area (Å²) in [5.74, 6) is -0.232. The molecule has 36 heavy (non-hydrogen) atoms. The zero-order chi connectivity index (χ0) is 25.2. The van der Waals surface area contributed by atoms with Crippen LogP contribution in [0.5, 0.6) is 0 Å². The second-order valence-corrected chi connectivity index (χ2v) is 10.3. The molecule has 3 atom stereocenters. The van der Waals surface area contributed by atoms with Crippen molar-refractivity contribution >= 4 is 0 Å². The Balaban J connectivity index is 1.46. The summed E-state index contributed by atoms with van der Waals surface area (Å²) in [6.45, 7) is 6.04. The quantitative estimate of drug-likeness (QED) is 0.433. The third-order valence-corrected chi connectivity index (χ3v) is 7.93. The van der Waals surface area contributed by atoms with Crippen LogP contribution in [0.1, 0.15) is 62.3 Å². The van der Waals surface area contributed by atoms with Crippen molar-refractivity contribution in [2.24, 2.45) is 5.41 Å². The molecule has 3 aromatic heterocycles. The molecule has 0 aliphatic heterocycles. The summed E-state index contributed by atoms with van der Waals surface area (Å²) >= 11 is 0. The highest BCUT2D eigenvalue weighted by Gasteiger charge is 2.65. The molecule has 2 aliphatic rings. The van der Waals surface area contributed by atoms with Crippen molar-refractivity contribution < 1.29 is 13.9 Å². The first-order chi connectivity index (χ1) is 17.2. The molecular formula is C26H25F2N7O. The molecule has 6 rings (SSSR count). The molecule has 8 nitrogen and oxygen atoms in total. The second kappa shape index (κ2) is 7.92. The van der Waals surface area contributed by atoms with Crippen molar-refractivity contribution in [2.75, 3.05) is 0 Å². The molecule has 0 unspecified atom stereocenters. The topological polar surface area (TPSA) is 113 Å². The van der Waals surface area contributed by atoms with Crippen LogP contribution in [0.15, 0.2) is 36.7 Å². The van der Waals surface area contributed by atoms with E-state index in [2.05, 4.69) is 44.2 Å². The summed E-state index contributed by atoms with van der Waals surface area (Å²) in [4.78, 5) is 13.9. The van der Waals surface area contributed by atoms with Crippen LogP contribution >= 0.6 is 0 Å². The molecule has 0 saturated heterocycles. The number of aliphatic hydroxyl groups excluding tert-OH is 1. The Labute approximate surface area is 206 Å². The van der Waals surface area contributed by atoms with Gasteiger partial charge in [-0.3, -0.25) is 10.1 Å². The van der Waals surface area contributed by atoms with Crippen molar-refractivity contribution in [3.8, 4) is 22.8 Å². The average molecular weight is 490 g/mol. The van der Waals surface area contributed by atoms with Crippen molar-refractivity contribution in [2.45, 2.75) is 57.5 Å². The van der Waals surface area contributed by atoms with Crippen LogP contribution in [-0.2, 0) is 11.8 Å². The van der Waals surface area contributed by atoms with Crippen LogP contribution in [-0.4, -0.2) is 46.6 Å². The lowest BCUT2D eigenvalue weighted by atomic mass is 9.66. The minimum Gasteiger partial charge on any atom is -0.393 e. The highest BCUT2D eigenvalue weighted by atomic mass is 19.1. The van der Waals surface area contributed by atoms with E-state index in [-0.39, 0.29) is 22.6 Å². The maximum absolute atomic E-state index is 14.5. The predicted molar refractivity (Wildman–Crippen MR) is 127 cm³/mol. The maximum Gasteiger partial charge on any atom is 0.176 e. The number of hydrogen-bond acceptors (Lipinski definition) is 7. The highest BCUT2D eigenvalue weighted by molar-refractivity contribution is 5.64. The maximum atomic E-state index is 14.5. The molecule has 2 aliphatic carbocycles. The molecule has 1 fully saturated rings. The van der Waals surface area contributed by atoms with Crippen LogP contribution in [0, 0.1) is 17.0 Å². The fourth-order valence-corrected chi connectivity index (χ4v) is 6.21. The van der Waals surface area contributed by atoms with Gasteiger partial charge in [0.05, 0.1) is 40.4 Å². The summed E-state index contributed by atoms with van der Waals surface area (Å²) < 4.78 is 29.0. The van der Waals surface area contributed by atoms with Gasteiger partial charge in [-0.05, 0) is 54.9 Å². The van der Waals surface area contributed by atoms with Gasteiger partial charge < -0.3 is 5.11 Å². The van der Waals surface area contributed by atoms with Crippen LogP contribution in [0.25, 0.3) is 22.8 Å². The normalized spacial score (nSPS) is 22.6. The van der Waals surface area contributed by atoms with Crippen LogP contribution in [0.2, 0.25) is 0 Å². The molecule has 0 amide bonds. The SMILES string of the molecule is C[C@H](O)Cc1n[nH]c(-c2cncc([C@@]34CC[C@@H](c5cc(-c6c(F)cccc6F)nnc53)C4(C)C)n2)n1. The van der Waals surface area contributed by atoms with Crippen LogP contribution < -0.4 is 0 Å². The number of H-pyrrole nitrogens is 1. The Bertz CT molecular complexity index is 1460. The van der Waals surface area contributed by atoms with E-state index in [1.54, 1.807) is 25.4 Å². The number of rotatable bonds is 5. The van der Waals surface area contributed by atoms with E-state index in [9.17, 15) is 13.9 Å². The average Bonchev–Trinajstić information content (AvgIpc) is 3.46. The zero-order valence-electron chi connectivity index (χ0n) is 20.1. The van der Waals surface area contributed by atoms with E-state index in [1.165, 1.54) is 18.2 Å². The number of aromatic amines is 1. The number of aromatic nitrogens is 7. The summed E-state index contributed by atoms with van der Waals surface area (Å²) in [5.41, 5.74) is 2.21. The third-order valence-electron chi connectivity index (χ3n) is 7.93. The summed E-state index contributed by atoms with van der Waals surface area (Å²) in [5, 5.41) is 25.6. The molecule has 10 heteroatoms. The fourth-order valence-electron chi connectivity index (χ4n) is 6.21. The van der Waals surface area contributed by atoms with Crippen LogP contribution in [0.3, 0.4) is 0 Å². The summed E-state index contributed by atoms with van der Waals surface area (Å²) in [6.07, 6.45) is 4.84. The van der Waals surface area contributed by atoms with Gasteiger partial charge in [-0.2, -0.15) is 10.2 Å². The van der Waals surface area contributed by atoms with E-state index in [0.29, 0.717) is 23.8 Å². The fraction of sp³-hybridized carbons (Fsp3) is 0.385. The first-order valence-electron chi connectivity index (χ1n) is 12.0. The largest absolute Gasteiger partial charge is 0.393 e. The molecule has 3 heterocycles. The van der Waals surface area contributed by atoms with Gasteiger partial charge in [0.2, 0.25) is 0 Å². The zero-order valence-corrected chi connectivity index (χ0v) is 20.1. The Morgan fingerprint density at radius 1 is 1.11 bits per heavy atom. The lowest BCUT2D eigenvalue weighted by molar-refractivity contribution is 0.193. The Hall–Kier alpha value is -3.66. The molecule has 0 spiro atoms. The minimum atomic E-state index is -0.665. The number of nitrogens with zero attached hydrogens (tertiary/aromatic N) is 6. The molecule has 184 valence electrons. The monoisotopic (exact) mass is 489 g/mol. The lowest BCUT2D eigenvalue weighted by Crippen LogP contribution is -2.38. The molecule has 2 bridgehead atoms. The van der Waals surface area contributed by atoms with Gasteiger partial charge in [-0.15, -0.1) is 5.10 Å². The van der Waals surface area contributed by atoms with E-state index in [1.807, 2.05) is 0 Å². The van der Waals surface area contributed by atoms with Crippen LogP contribution in [0.4, 0.5) is 8.78 Å². The highest BCUT2D eigenvalue weighted by Crippen LogP contribution is 2.69. The Morgan fingerprint density at radius 3 is 2.64 bits per heavy atom. The standard InChI is InChI=1S/C26H25F2N7O/c1-13(36)9-21-31-24(35-33-21)19-11-29-12-20(30-19)26-8-7-15(25(26,2)3)14-10-18(32-34-23(14)26)22-16(27)5-4-6-17(22)28/h4-6,10-13,15,36H,7-9H2,1-3H3,(H,31,33,35)/t13-,15-,26-/m0/s1. The first-order valence-corrected chi connectivity index (χ1v) is 12.0. The molecule has 0 radical (unpaired) electrons. The molecule has 1 aromatic carbocycles. The lowest BCUT2D eigenvalue weighted by Gasteiger charge is -2.37. The summed E-state index contributed by atoms with van der Waals surface area (Å²) in [7, 11) is 0. The van der Waals surface area contributed by atoms with E-state index in [4.69, 9.17) is 4.98 Å². The number of fused-ring (bicyclic) bond motifs is 5. The van der Waals surface area contributed by atoms with Crippen molar-refractivity contribution in [3.63, 3.8) is 0 Å². The predicted octanol–water partition coefficient (Wildman–Crippen LogP) is 4.12.